The van der Waals surface area contributed by atoms with Crippen LogP contribution in [-0.2, 0) is 12.8 Å². The molecule has 0 fully saturated rings. The molecule has 1 aliphatic carbocycles. The third-order valence-electron chi connectivity index (χ3n) is 5.06. The summed E-state index contributed by atoms with van der Waals surface area (Å²) in [4.78, 5) is 9.56. The Balaban J connectivity index is 1.88. The van der Waals surface area contributed by atoms with Gasteiger partial charge in [0.1, 0.15) is 11.8 Å². The van der Waals surface area contributed by atoms with Crippen molar-refractivity contribution in [3.05, 3.63) is 78.2 Å². The zero-order valence-corrected chi connectivity index (χ0v) is 14.0. The van der Waals surface area contributed by atoms with E-state index < -0.39 is 0 Å². The monoisotopic (exact) mass is 325 g/mol. The number of nitrogens with zero attached hydrogens (tertiary/aromatic N) is 3. The molecule has 0 saturated heterocycles. The van der Waals surface area contributed by atoms with Crippen LogP contribution in [0.25, 0.3) is 28.0 Å². The Hall–Kier alpha value is -2.94. The molecule has 0 N–H and O–H groups in total. The zero-order valence-electron chi connectivity index (χ0n) is 14.0. The standard InChI is InChI=1S/C22H19N3/c1-3-9-16(10-4-1)20-18-13-7-8-14-19(18)24-22-21(20)25(15-23-22)17-11-5-2-6-12-17/h1-6,9-12,15H,7-8,13-14H2. The van der Waals surface area contributed by atoms with Crippen LogP contribution in [0, 0.1) is 0 Å². The summed E-state index contributed by atoms with van der Waals surface area (Å²) >= 11 is 0. The van der Waals surface area contributed by atoms with E-state index in [1.165, 1.54) is 35.2 Å². The molecule has 2 aromatic carbocycles. The number of aryl methyl sites for hydroxylation is 1. The minimum atomic E-state index is 0.850. The fourth-order valence-electron chi connectivity index (χ4n) is 3.91. The average Bonchev–Trinajstić information content (AvgIpc) is 3.11. The van der Waals surface area contributed by atoms with Crippen molar-refractivity contribution >= 4 is 11.2 Å². The Morgan fingerprint density at radius 1 is 0.800 bits per heavy atom. The lowest BCUT2D eigenvalue weighted by Gasteiger charge is -2.20. The van der Waals surface area contributed by atoms with Crippen molar-refractivity contribution < 1.29 is 0 Å². The van der Waals surface area contributed by atoms with Gasteiger partial charge in [-0.25, -0.2) is 9.97 Å². The van der Waals surface area contributed by atoms with E-state index in [4.69, 9.17) is 4.98 Å². The second-order valence-electron chi connectivity index (χ2n) is 6.61. The molecule has 1 aliphatic rings. The summed E-state index contributed by atoms with van der Waals surface area (Å²) in [6, 6.07) is 21.1. The van der Waals surface area contributed by atoms with Crippen molar-refractivity contribution in [3.8, 4) is 16.8 Å². The van der Waals surface area contributed by atoms with Gasteiger partial charge in [0.15, 0.2) is 5.65 Å². The molecule has 3 nitrogen and oxygen atoms in total. The van der Waals surface area contributed by atoms with Crippen molar-refractivity contribution in [1.82, 2.24) is 14.5 Å². The lowest BCUT2D eigenvalue weighted by Crippen LogP contribution is -2.09. The van der Waals surface area contributed by atoms with E-state index in [1.807, 2.05) is 12.4 Å². The number of benzene rings is 2. The second kappa shape index (κ2) is 5.85. The fourth-order valence-corrected chi connectivity index (χ4v) is 3.91. The molecular formula is C22H19N3. The molecule has 0 saturated carbocycles. The number of pyridine rings is 1. The van der Waals surface area contributed by atoms with Gasteiger partial charge in [-0.1, -0.05) is 48.5 Å². The first-order valence-electron chi connectivity index (χ1n) is 8.91. The molecule has 3 heteroatoms. The zero-order chi connectivity index (χ0) is 16.6. The number of imidazole rings is 1. The Labute approximate surface area is 147 Å². The van der Waals surface area contributed by atoms with Crippen molar-refractivity contribution in [1.29, 1.82) is 0 Å². The van der Waals surface area contributed by atoms with Crippen LogP contribution in [0.15, 0.2) is 67.0 Å². The van der Waals surface area contributed by atoms with Gasteiger partial charge in [0.25, 0.3) is 0 Å². The molecule has 0 unspecified atom stereocenters. The highest BCUT2D eigenvalue weighted by Gasteiger charge is 2.22. The first-order valence-corrected chi connectivity index (χ1v) is 8.91. The molecule has 122 valence electrons. The number of hydrogen-bond donors (Lipinski definition) is 0. The smallest absolute Gasteiger partial charge is 0.178 e. The molecule has 25 heavy (non-hydrogen) atoms. The van der Waals surface area contributed by atoms with E-state index >= 15 is 0 Å². The molecular weight excluding hydrogens is 306 g/mol. The molecule has 4 aromatic rings. The lowest BCUT2D eigenvalue weighted by atomic mass is 9.88. The minimum absolute atomic E-state index is 0.850. The number of hydrogen-bond acceptors (Lipinski definition) is 2. The lowest BCUT2D eigenvalue weighted by molar-refractivity contribution is 0.672. The molecule has 0 aliphatic heterocycles. The number of rotatable bonds is 2. The van der Waals surface area contributed by atoms with Crippen LogP contribution in [0.2, 0.25) is 0 Å². The van der Waals surface area contributed by atoms with Gasteiger partial charge < -0.3 is 0 Å². The second-order valence-corrected chi connectivity index (χ2v) is 6.61. The summed E-state index contributed by atoms with van der Waals surface area (Å²) in [6.07, 6.45) is 6.52. The van der Waals surface area contributed by atoms with Crippen LogP contribution < -0.4 is 0 Å². The maximum absolute atomic E-state index is 4.92. The molecule has 2 heterocycles. The van der Waals surface area contributed by atoms with E-state index in [2.05, 4.69) is 64.1 Å². The van der Waals surface area contributed by atoms with Crippen LogP contribution in [0.3, 0.4) is 0 Å². The third kappa shape index (κ3) is 2.35. The molecule has 0 spiro atoms. The highest BCUT2D eigenvalue weighted by atomic mass is 15.1. The molecule has 2 aromatic heterocycles. The maximum atomic E-state index is 4.92. The van der Waals surface area contributed by atoms with E-state index in [9.17, 15) is 0 Å². The summed E-state index contributed by atoms with van der Waals surface area (Å²) in [5, 5.41) is 0. The predicted octanol–water partition coefficient (Wildman–Crippen LogP) is 4.97. The summed E-state index contributed by atoms with van der Waals surface area (Å²) in [7, 11) is 0. The van der Waals surface area contributed by atoms with Gasteiger partial charge in [-0.15, -0.1) is 0 Å². The molecule has 5 rings (SSSR count). The van der Waals surface area contributed by atoms with Crippen LogP contribution in [-0.4, -0.2) is 14.5 Å². The van der Waals surface area contributed by atoms with Gasteiger partial charge in [0.2, 0.25) is 0 Å². The average molecular weight is 325 g/mol. The Kier molecular flexibility index (Phi) is 3.37. The summed E-state index contributed by atoms with van der Waals surface area (Å²) < 4.78 is 2.18. The quantitative estimate of drug-likeness (QED) is 0.521. The molecule has 0 bridgehead atoms. The Morgan fingerprint density at radius 3 is 2.32 bits per heavy atom. The van der Waals surface area contributed by atoms with Crippen LogP contribution in [0.4, 0.5) is 0 Å². The fraction of sp³-hybridized carbons (Fsp3) is 0.182. The van der Waals surface area contributed by atoms with Gasteiger partial charge in [-0.2, -0.15) is 0 Å². The van der Waals surface area contributed by atoms with E-state index in [0.717, 1.165) is 29.7 Å². The van der Waals surface area contributed by atoms with Gasteiger partial charge in [0, 0.05) is 16.9 Å². The highest BCUT2D eigenvalue weighted by molar-refractivity contribution is 5.94. The van der Waals surface area contributed by atoms with Crippen molar-refractivity contribution in [3.63, 3.8) is 0 Å². The van der Waals surface area contributed by atoms with Crippen LogP contribution in [0.1, 0.15) is 24.1 Å². The van der Waals surface area contributed by atoms with Gasteiger partial charge in [-0.3, -0.25) is 4.57 Å². The van der Waals surface area contributed by atoms with E-state index in [1.54, 1.807) is 0 Å². The number of aromatic nitrogens is 3. The van der Waals surface area contributed by atoms with Crippen molar-refractivity contribution in [2.75, 3.05) is 0 Å². The summed E-state index contributed by atoms with van der Waals surface area (Å²) in [5.74, 6) is 0. The topological polar surface area (TPSA) is 30.7 Å². The van der Waals surface area contributed by atoms with Crippen molar-refractivity contribution in [2.45, 2.75) is 25.7 Å². The number of para-hydroxylation sites is 1. The molecule has 0 radical (unpaired) electrons. The van der Waals surface area contributed by atoms with E-state index in [-0.39, 0.29) is 0 Å². The largest absolute Gasteiger partial charge is 0.297 e. The van der Waals surface area contributed by atoms with Crippen LogP contribution in [0.5, 0.6) is 0 Å². The summed E-state index contributed by atoms with van der Waals surface area (Å²) in [5.41, 5.74) is 8.30. The van der Waals surface area contributed by atoms with Gasteiger partial charge in [-0.05, 0) is 48.9 Å². The Morgan fingerprint density at radius 2 is 1.52 bits per heavy atom. The third-order valence-corrected chi connectivity index (χ3v) is 5.06. The van der Waals surface area contributed by atoms with Crippen molar-refractivity contribution in [2.24, 2.45) is 0 Å². The highest BCUT2D eigenvalue weighted by Crippen LogP contribution is 2.37. The SMILES string of the molecule is c1ccc(-c2c3c(nc4ncn(-c5ccccc5)c24)CCCC3)cc1. The molecule has 0 amide bonds. The van der Waals surface area contributed by atoms with Gasteiger partial charge in [0.05, 0.1) is 0 Å². The minimum Gasteiger partial charge on any atom is -0.297 e. The first-order chi connectivity index (χ1) is 12.4. The first kappa shape index (κ1) is 14.4. The number of fused-ring (bicyclic) bond motifs is 2. The molecule has 0 atom stereocenters. The van der Waals surface area contributed by atoms with E-state index in [0.29, 0.717) is 0 Å². The summed E-state index contributed by atoms with van der Waals surface area (Å²) in [6.45, 7) is 0. The maximum Gasteiger partial charge on any atom is 0.178 e. The normalized spacial score (nSPS) is 13.8. The van der Waals surface area contributed by atoms with Crippen LogP contribution >= 0.6 is 0 Å². The van der Waals surface area contributed by atoms with Gasteiger partial charge >= 0.3 is 0 Å². The predicted molar refractivity (Wildman–Crippen MR) is 101 cm³/mol. The Bertz CT molecular complexity index is 1030.